The van der Waals surface area contributed by atoms with Gasteiger partial charge in [0.1, 0.15) is 3.41 Å². The van der Waals surface area contributed by atoms with E-state index in [-0.39, 0.29) is 0 Å². The van der Waals surface area contributed by atoms with Gasteiger partial charge in [-0.3, -0.25) is 0 Å². The van der Waals surface area contributed by atoms with Gasteiger partial charge in [-0.2, -0.15) is 37.9 Å². The minimum absolute atomic E-state index is 0.378. The molecule has 0 bridgehead atoms. The molecule has 0 aliphatic heterocycles. The molecule has 0 saturated heterocycles. The van der Waals surface area contributed by atoms with Gasteiger partial charge < -0.3 is 0 Å². The maximum absolute atomic E-state index is 4.32. The van der Waals surface area contributed by atoms with Gasteiger partial charge >= 0.3 is 0 Å². The van der Waals surface area contributed by atoms with Gasteiger partial charge in [0.05, 0.1) is 0 Å². The Morgan fingerprint density at radius 1 is 0.542 bits per heavy atom. The molecule has 0 radical (unpaired) electrons. The maximum atomic E-state index is 4.32. The lowest BCUT2D eigenvalue weighted by Gasteiger charge is -2.31. The number of unbranched alkanes of at least 4 members (excludes halogenated alkanes) is 6. The molecule has 0 unspecified atom stereocenters. The highest BCUT2D eigenvalue weighted by Crippen LogP contribution is 2.50. The van der Waals surface area contributed by atoms with Crippen LogP contribution >= 0.6 is 73.2 Å². The lowest BCUT2D eigenvalue weighted by atomic mass is 10.3. The molecule has 6 heteroatoms. The first-order chi connectivity index (χ1) is 11.7. The van der Waals surface area contributed by atoms with Crippen molar-refractivity contribution in [1.82, 2.24) is 0 Å². The van der Waals surface area contributed by atoms with E-state index in [0.717, 1.165) is 17.3 Å². The average Bonchev–Trinajstić information content (AvgIpc) is 2.60. The van der Waals surface area contributed by atoms with Crippen LogP contribution in [0.4, 0.5) is 0 Å². The molecule has 0 atom stereocenters. The van der Waals surface area contributed by atoms with Crippen LogP contribution in [0.15, 0.2) is 0 Å². The lowest BCUT2D eigenvalue weighted by Crippen LogP contribution is -2.17. The zero-order valence-electron chi connectivity index (χ0n) is 15.4. The van der Waals surface area contributed by atoms with E-state index in [1.165, 1.54) is 81.5 Å². The number of hydrogen-bond acceptors (Lipinski definition) is 6. The molecule has 0 aliphatic carbocycles. The van der Waals surface area contributed by atoms with Crippen molar-refractivity contribution in [1.29, 1.82) is 0 Å². The second-order valence-corrected chi connectivity index (χ2v) is 12.2. The highest BCUT2D eigenvalue weighted by molar-refractivity contribution is 8.33. The summed E-state index contributed by atoms with van der Waals surface area (Å²) in [5.74, 6) is 6.99. The largest absolute Gasteiger partial charge is 0.179 e. The van der Waals surface area contributed by atoms with Crippen molar-refractivity contribution in [3.8, 4) is 0 Å². The molecule has 0 saturated carbocycles. The van der Waals surface area contributed by atoms with E-state index in [1.54, 1.807) is 0 Å². The number of thioether (sulfide) groups is 3. The van der Waals surface area contributed by atoms with Gasteiger partial charge in [-0.25, -0.2) is 0 Å². The van der Waals surface area contributed by atoms with Gasteiger partial charge in [0.25, 0.3) is 0 Å². The molecule has 0 aliphatic rings. The summed E-state index contributed by atoms with van der Waals surface area (Å²) in [6.07, 6.45) is 13.1. The summed E-state index contributed by atoms with van der Waals surface area (Å²) in [6, 6.07) is 0. The number of thiol groups is 3. The summed E-state index contributed by atoms with van der Waals surface area (Å²) in [5.41, 5.74) is 0. The topological polar surface area (TPSA) is 0 Å². The van der Waals surface area contributed by atoms with Gasteiger partial charge in [-0.05, 0) is 79.5 Å². The molecule has 0 N–H and O–H groups in total. The van der Waals surface area contributed by atoms with Crippen molar-refractivity contribution < 1.29 is 0 Å². The Morgan fingerprint density at radius 3 is 1.12 bits per heavy atom. The van der Waals surface area contributed by atoms with Crippen molar-refractivity contribution >= 4 is 73.2 Å². The smallest absolute Gasteiger partial charge is 0.106 e. The van der Waals surface area contributed by atoms with E-state index in [2.05, 4.69) is 80.1 Å². The summed E-state index contributed by atoms with van der Waals surface area (Å²) >= 11 is 19.6. The Kier molecular flexibility index (Phi) is 21.6. The second kappa shape index (κ2) is 19.9. The second-order valence-electron chi connectivity index (χ2n) is 5.93. The fourth-order valence-electron chi connectivity index (χ4n) is 2.29. The quantitative estimate of drug-likeness (QED) is 0.106. The van der Waals surface area contributed by atoms with Crippen LogP contribution < -0.4 is 0 Å². The number of hydrogen-bond donors (Lipinski definition) is 3. The number of rotatable bonds is 19. The molecular formula is C18H38S6. The third kappa shape index (κ3) is 15.2. The van der Waals surface area contributed by atoms with Gasteiger partial charge in [-0.15, -0.1) is 35.3 Å². The van der Waals surface area contributed by atoms with Gasteiger partial charge in [0.2, 0.25) is 0 Å². The van der Waals surface area contributed by atoms with E-state index in [9.17, 15) is 0 Å². The van der Waals surface area contributed by atoms with Crippen LogP contribution in [0.1, 0.15) is 71.1 Å². The normalized spacial score (nSPS) is 12.0. The van der Waals surface area contributed by atoms with E-state index in [0.29, 0.717) is 3.41 Å². The highest BCUT2D eigenvalue weighted by Gasteiger charge is 2.29. The van der Waals surface area contributed by atoms with E-state index >= 15 is 0 Å². The lowest BCUT2D eigenvalue weighted by molar-refractivity contribution is 0.780. The summed E-state index contributed by atoms with van der Waals surface area (Å²) in [4.78, 5) is 0. The van der Waals surface area contributed by atoms with Crippen LogP contribution in [0.3, 0.4) is 0 Å². The standard InChI is InChI=1S/C18H38S6/c1-2-18(22-15-9-3-6-12-19,23-16-10-4-7-13-20)24-17-11-5-8-14-21/h19-21H,2-17H2,1H3. The molecule has 0 aromatic rings. The Labute approximate surface area is 181 Å². The monoisotopic (exact) mass is 446 g/mol. The van der Waals surface area contributed by atoms with Crippen LogP contribution in [0.25, 0.3) is 0 Å². The molecule has 0 amide bonds. The fraction of sp³-hybridized carbons (Fsp3) is 1.00. The van der Waals surface area contributed by atoms with Crippen LogP contribution in [0.5, 0.6) is 0 Å². The Hall–Kier alpha value is 2.10. The molecule has 146 valence electrons. The summed E-state index contributed by atoms with van der Waals surface area (Å²) in [6.45, 7) is 2.38. The van der Waals surface area contributed by atoms with Crippen molar-refractivity contribution in [3.05, 3.63) is 0 Å². The molecule has 24 heavy (non-hydrogen) atoms. The van der Waals surface area contributed by atoms with Crippen molar-refractivity contribution in [2.75, 3.05) is 34.5 Å². The minimum Gasteiger partial charge on any atom is -0.179 e. The summed E-state index contributed by atoms with van der Waals surface area (Å²) < 4.78 is 0.378. The highest BCUT2D eigenvalue weighted by atomic mass is 32.3. The van der Waals surface area contributed by atoms with Crippen molar-refractivity contribution in [3.63, 3.8) is 0 Å². The molecule has 0 nitrogen and oxygen atoms in total. The summed E-state index contributed by atoms with van der Waals surface area (Å²) in [5, 5.41) is 0. The van der Waals surface area contributed by atoms with Gasteiger partial charge in [0.15, 0.2) is 0 Å². The zero-order chi connectivity index (χ0) is 17.9. The van der Waals surface area contributed by atoms with Crippen molar-refractivity contribution in [2.24, 2.45) is 0 Å². The van der Waals surface area contributed by atoms with Crippen LogP contribution in [-0.2, 0) is 0 Å². The molecular weight excluding hydrogens is 409 g/mol. The first-order valence-electron chi connectivity index (χ1n) is 9.49. The van der Waals surface area contributed by atoms with E-state index < -0.39 is 0 Å². The molecule has 0 spiro atoms. The Balaban J connectivity index is 4.23. The minimum atomic E-state index is 0.378. The molecule has 0 aromatic heterocycles. The third-order valence-electron chi connectivity index (χ3n) is 3.81. The predicted octanol–water partition coefficient (Wildman–Crippen LogP) is 7.55. The van der Waals surface area contributed by atoms with Crippen LogP contribution in [-0.4, -0.2) is 37.9 Å². The maximum Gasteiger partial charge on any atom is 0.106 e. The fourth-order valence-corrected chi connectivity index (χ4v) is 8.05. The molecule has 0 aromatic carbocycles. The SMILES string of the molecule is CCC(SCCCCCS)(SCCCCCS)SCCCCCS. The Bertz CT molecular complexity index is 214. The third-order valence-corrected chi connectivity index (χ3v) is 10.5. The first-order valence-corrected chi connectivity index (χ1v) is 14.3. The van der Waals surface area contributed by atoms with Gasteiger partial charge in [0, 0.05) is 0 Å². The molecule has 0 fully saturated rings. The van der Waals surface area contributed by atoms with E-state index in [1.807, 2.05) is 0 Å². The van der Waals surface area contributed by atoms with E-state index in [4.69, 9.17) is 0 Å². The average molecular weight is 447 g/mol. The molecule has 0 rings (SSSR count). The Morgan fingerprint density at radius 2 is 0.875 bits per heavy atom. The van der Waals surface area contributed by atoms with Gasteiger partial charge in [-0.1, -0.05) is 26.2 Å². The molecule has 0 heterocycles. The van der Waals surface area contributed by atoms with Crippen LogP contribution in [0.2, 0.25) is 0 Å². The summed E-state index contributed by atoms with van der Waals surface area (Å²) in [7, 11) is 0. The van der Waals surface area contributed by atoms with Crippen molar-refractivity contribution in [2.45, 2.75) is 74.5 Å². The first kappa shape index (κ1) is 26.1. The van der Waals surface area contributed by atoms with Crippen LogP contribution in [0, 0.1) is 0 Å². The zero-order valence-corrected chi connectivity index (χ0v) is 20.5. The predicted molar refractivity (Wildman–Crippen MR) is 134 cm³/mol.